The van der Waals surface area contributed by atoms with Crippen LogP contribution in [0.1, 0.15) is 18.9 Å². The van der Waals surface area contributed by atoms with E-state index in [0.29, 0.717) is 31.6 Å². The summed E-state index contributed by atoms with van der Waals surface area (Å²) in [7, 11) is 0. The second kappa shape index (κ2) is 6.93. The van der Waals surface area contributed by atoms with E-state index in [1.54, 1.807) is 0 Å². The Balaban J connectivity index is 2.00. The number of ether oxygens (including phenoxy) is 2. The third-order valence-electron chi connectivity index (χ3n) is 3.13. The normalized spacial score (nSPS) is 17.8. The summed E-state index contributed by atoms with van der Waals surface area (Å²) in [5, 5.41) is 3.26. The number of benzene rings is 1. The van der Waals surface area contributed by atoms with Gasteiger partial charge in [0.15, 0.2) is 6.29 Å². The van der Waals surface area contributed by atoms with Crippen LogP contribution in [0.15, 0.2) is 18.2 Å². The molecule has 106 valence electrons. The molecule has 1 aromatic carbocycles. The van der Waals surface area contributed by atoms with E-state index in [2.05, 4.69) is 5.32 Å². The van der Waals surface area contributed by atoms with Gasteiger partial charge in [0.05, 0.1) is 13.2 Å². The van der Waals surface area contributed by atoms with E-state index in [-0.39, 0.29) is 18.1 Å². The zero-order valence-corrected chi connectivity index (χ0v) is 11.0. The molecule has 19 heavy (non-hydrogen) atoms. The van der Waals surface area contributed by atoms with Crippen molar-refractivity contribution in [1.29, 1.82) is 0 Å². The summed E-state index contributed by atoms with van der Waals surface area (Å²) >= 11 is 0. The number of rotatable bonds is 6. The van der Waals surface area contributed by atoms with Crippen molar-refractivity contribution in [2.45, 2.75) is 32.1 Å². The molecule has 1 aliphatic rings. The molecule has 0 saturated carbocycles. The first-order chi connectivity index (χ1) is 9.19. The van der Waals surface area contributed by atoms with Gasteiger partial charge < -0.3 is 14.8 Å². The van der Waals surface area contributed by atoms with Gasteiger partial charge in [0.1, 0.15) is 11.6 Å². The zero-order chi connectivity index (χ0) is 13.7. The minimum Gasteiger partial charge on any atom is -0.350 e. The summed E-state index contributed by atoms with van der Waals surface area (Å²) < 4.78 is 37.6. The van der Waals surface area contributed by atoms with Crippen molar-refractivity contribution in [3.8, 4) is 0 Å². The third-order valence-corrected chi connectivity index (χ3v) is 3.13. The number of hydrogen-bond donors (Lipinski definition) is 1. The van der Waals surface area contributed by atoms with Crippen molar-refractivity contribution in [2.24, 2.45) is 0 Å². The second-order valence-electron chi connectivity index (χ2n) is 4.60. The van der Waals surface area contributed by atoms with Gasteiger partial charge in [-0.2, -0.15) is 0 Å². The van der Waals surface area contributed by atoms with Gasteiger partial charge >= 0.3 is 0 Å². The molecular weight excluding hydrogens is 252 g/mol. The van der Waals surface area contributed by atoms with Gasteiger partial charge in [-0.05, 0) is 36.7 Å². The Bertz CT molecular complexity index is 408. The van der Waals surface area contributed by atoms with Crippen LogP contribution < -0.4 is 5.32 Å². The fourth-order valence-corrected chi connectivity index (χ4v) is 2.27. The Morgan fingerprint density at radius 3 is 2.74 bits per heavy atom. The predicted octanol–water partition coefficient (Wildman–Crippen LogP) is 2.25. The maximum atomic E-state index is 13.6. The molecule has 1 atom stereocenters. The van der Waals surface area contributed by atoms with E-state index in [1.165, 1.54) is 6.07 Å². The molecule has 1 N–H and O–H groups in total. The molecule has 1 unspecified atom stereocenters. The molecule has 1 heterocycles. The van der Waals surface area contributed by atoms with Crippen LogP contribution in [0.25, 0.3) is 0 Å². The van der Waals surface area contributed by atoms with Crippen LogP contribution in [0.2, 0.25) is 0 Å². The van der Waals surface area contributed by atoms with E-state index in [0.717, 1.165) is 18.7 Å². The highest BCUT2D eigenvalue weighted by molar-refractivity contribution is 5.19. The van der Waals surface area contributed by atoms with Crippen LogP contribution >= 0.6 is 0 Å². The van der Waals surface area contributed by atoms with Gasteiger partial charge in [0.25, 0.3) is 0 Å². The third kappa shape index (κ3) is 4.23. The number of nitrogens with one attached hydrogen (secondary N) is 1. The van der Waals surface area contributed by atoms with Crippen molar-refractivity contribution in [3.63, 3.8) is 0 Å². The number of hydrogen-bond acceptors (Lipinski definition) is 3. The quantitative estimate of drug-likeness (QED) is 0.861. The molecule has 0 radical (unpaired) electrons. The highest BCUT2D eigenvalue weighted by Crippen LogP contribution is 2.17. The molecule has 0 aromatic heterocycles. The molecular formula is C14H19F2NO2. The summed E-state index contributed by atoms with van der Waals surface area (Å²) in [6.45, 7) is 3.93. The Morgan fingerprint density at radius 1 is 1.32 bits per heavy atom. The standard InChI is InChI=1S/C14H19F2NO2/c1-2-17-12(9-14-18-5-6-19-14)8-10-7-11(15)3-4-13(10)16/h3-4,7,12,14,17H,2,5-6,8-9H2,1H3. The van der Waals surface area contributed by atoms with Crippen LogP contribution in [0.4, 0.5) is 8.78 Å². The SMILES string of the molecule is CCNC(Cc1cc(F)ccc1F)CC1OCCO1. The summed E-state index contributed by atoms with van der Waals surface area (Å²) in [5.74, 6) is -0.794. The van der Waals surface area contributed by atoms with Gasteiger partial charge in [0.2, 0.25) is 0 Å². The van der Waals surface area contributed by atoms with Gasteiger partial charge in [-0.25, -0.2) is 8.78 Å². The fourth-order valence-electron chi connectivity index (χ4n) is 2.27. The van der Waals surface area contributed by atoms with Crippen LogP contribution in [-0.2, 0) is 15.9 Å². The van der Waals surface area contributed by atoms with Crippen molar-refractivity contribution >= 4 is 0 Å². The average Bonchev–Trinajstić information content (AvgIpc) is 2.87. The lowest BCUT2D eigenvalue weighted by molar-refractivity contribution is -0.0526. The van der Waals surface area contributed by atoms with Crippen LogP contribution in [0.5, 0.6) is 0 Å². The van der Waals surface area contributed by atoms with Crippen molar-refractivity contribution in [2.75, 3.05) is 19.8 Å². The summed E-state index contributed by atoms with van der Waals surface area (Å²) in [6, 6.07) is 3.54. The molecule has 1 saturated heterocycles. The molecule has 0 bridgehead atoms. The van der Waals surface area contributed by atoms with Crippen LogP contribution in [0.3, 0.4) is 0 Å². The highest BCUT2D eigenvalue weighted by atomic mass is 19.1. The van der Waals surface area contributed by atoms with E-state index >= 15 is 0 Å². The van der Waals surface area contributed by atoms with Gasteiger partial charge in [-0.15, -0.1) is 0 Å². The van der Waals surface area contributed by atoms with Crippen molar-refractivity contribution in [3.05, 3.63) is 35.4 Å². The molecule has 1 aromatic rings. The molecule has 5 heteroatoms. The Morgan fingerprint density at radius 2 is 2.05 bits per heavy atom. The summed E-state index contributed by atoms with van der Waals surface area (Å²) in [6.07, 6.45) is 0.797. The van der Waals surface area contributed by atoms with E-state index in [9.17, 15) is 8.78 Å². The average molecular weight is 271 g/mol. The zero-order valence-electron chi connectivity index (χ0n) is 11.0. The Kier molecular flexibility index (Phi) is 5.24. The maximum Gasteiger partial charge on any atom is 0.159 e. The van der Waals surface area contributed by atoms with E-state index in [4.69, 9.17) is 9.47 Å². The smallest absolute Gasteiger partial charge is 0.159 e. The minimum atomic E-state index is -0.417. The van der Waals surface area contributed by atoms with E-state index in [1.807, 2.05) is 6.92 Å². The van der Waals surface area contributed by atoms with E-state index < -0.39 is 5.82 Å². The fraction of sp³-hybridized carbons (Fsp3) is 0.571. The molecule has 1 aliphatic heterocycles. The summed E-state index contributed by atoms with van der Waals surface area (Å²) in [4.78, 5) is 0. The maximum absolute atomic E-state index is 13.6. The van der Waals surface area contributed by atoms with Gasteiger partial charge in [0, 0.05) is 12.5 Å². The number of likely N-dealkylation sites (N-methyl/N-ethyl adjacent to an activating group) is 1. The molecule has 2 rings (SSSR count). The monoisotopic (exact) mass is 271 g/mol. The molecule has 0 aliphatic carbocycles. The largest absolute Gasteiger partial charge is 0.350 e. The lowest BCUT2D eigenvalue weighted by atomic mass is 10.0. The first-order valence-corrected chi connectivity index (χ1v) is 6.59. The minimum absolute atomic E-state index is 0.00407. The highest BCUT2D eigenvalue weighted by Gasteiger charge is 2.22. The van der Waals surface area contributed by atoms with Crippen LogP contribution in [-0.4, -0.2) is 32.1 Å². The molecule has 0 spiro atoms. The van der Waals surface area contributed by atoms with Crippen molar-refractivity contribution in [1.82, 2.24) is 5.32 Å². The van der Waals surface area contributed by atoms with Gasteiger partial charge in [-0.1, -0.05) is 6.92 Å². The van der Waals surface area contributed by atoms with Gasteiger partial charge in [-0.3, -0.25) is 0 Å². The predicted molar refractivity (Wildman–Crippen MR) is 67.8 cm³/mol. The Hall–Kier alpha value is -1.04. The number of halogens is 2. The molecule has 3 nitrogen and oxygen atoms in total. The molecule has 0 amide bonds. The first-order valence-electron chi connectivity index (χ1n) is 6.59. The summed E-state index contributed by atoms with van der Waals surface area (Å²) in [5.41, 5.74) is 0.379. The molecule has 1 fully saturated rings. The second-order valence-corrected chi connectivity index (χ2v) is 4.60. The Labute approximate surface area is 111 Å². The lowest BCUT2D eigenvalue weighted by Crippen LogP contribution is -2.35. The van der Waals surface area contributed by atoms with Crippen molar-refractivity contribution < 1.29 is 18.3 Å². The topological polar surface area (TPSA) is 30.5 Å². The van der Waals surface area contributed by atoms with Crippen LogP contribution in [0, 0.1) is 11.6 Å². The first kappa shape index (κ1) is 14.4. The lowest BCUT2D eigenvalue weighted by Gasteiger charge is -2.21.